The molecule has 1 amide bonds. The van der Waals surface area contributed by atoms with Gasteiger partial charge in [0.15, 0.2) is 0 Å². The van der Waals surface area contributed by atoms with Crippen LogP contribution >= 0.6 is 0 Å². The maximum Gasteiger partial charge on any atom is 0.230 e. The van der Waals surface area contributed by atoms with E-state index in [1.54, 1.807) is 17.4 Å². The largest absolute Gasteiger partial charge is 0.544 e. The lowest BCUT2D eigenvalue weighted by atomic mass is 10.2. The van der Waals surface area contributed by atoms with Crippen molar-refractivity contribution in [3.05, 3.63) is 30.3 Å². The van der Waals surface area contributed by atoms with Gasteiger partial charge < -0.3 is 30.2 Å². The lowest BCUT2D eigenvalue weighted by Gasteiger charge is -2.24. The number of ether oxygens (including phenoxy) is 1. The fourth-order valence-electron chi connectivity index (χ4n) is 2.59. The number of para-hydroxylation sites is 1. The number of anilines is 1. The summed E-state index contributed by atoms with van der Waals surface area (Å²) in [6.07, 6.45) is -0.102. The topological polar surface area (TPSA) is 99.5 Å². The van der Waals surface area contributed by atoms with Gasteiger partial charge in [-0.25, -0.2) is 0 Å². The standard InChI is InChI=1S/C16H23N3O4/c20-15(18-13-4-2-1-3-5-13)12-14(16(21)22)17-6-7-19-8-10-23-11-9-19/h1-5,14,17H,6-12H2,(H,18,20)(H,21,22)/p+1/t14-/m0/s1. The molecular weight excluding hydrogens is 298 g/mol. The number of hydrogen-bond donors (Lipinski definition) is 3. The molecule has 1 fully saturated rings. The molecule has 0 unspecified atom stereocenters. The van der Waals surface area contributed by atoms with Gasteiger partial charge in [-0.1, -0.05) is 18.2 Å². The number of carbonyl (C=O) groups excluding carboxylic acids is 2. The zero-order valence-corrected chi connectivity index (χ0v) is 13.1. The number of carboxylic acids is 1. The van der Waals surface area contributed by atoms with E-state index in [-0.39, 0.29) is 12.3 Å². The van der Waals surface area contributed by atoms with Crippen LogP contribution in [0.5, 0.6) is 0 Å². The zero-order chi connectivity index (χ0) is 16.5. The van der Waals surface area contributed by atoms with Crippen molar-refractivity contribution in [3.63, 3.8) is 0 Å². The monoisotopic (exact) mass is 322 g/mol. The molecular formula is C16H24N3O4+. The number of hydrogen-bond acceptors (Lipinski definition) is 4. The van der Waals surface area contributed by atoms with Crippen LogP contribution in [-0.2, 0) is 14.3 Å². The minimum Gasteiger partial charge on any atom is -0.544 e. The first kappa shape index (κ1) is 17.4. The van der Waals surface area contributed by atoms with Gasteiger partial charge in [0.1, 0.15) is 32.2 Å². The Morgan fingerprint density at radius 2 is 1.96 bits per heavy atom. The van der Waals surface area contributed by atoms with Gasteiger partial charge in [-0.3, -0.25) is 4.79 Å². The highest BCUT2D eigenvalue weighted by molar-refractivity contribution is 5.93. The quantitative estimate of drug-likeness (QED) is 0.465. The number of aliphatic carboxylic acids is 1. The molecule has 2 rings (SSSR count). The second kappa shape index (κ2) is 9.24. The third kappa shape index (κ3) is 6.35. The Hall–Kier alpha value is -1.96. The van der Waals surface area contributed by atoms with Crippen molar-refractivity contribution in [1.29, 1.82) is 0 Å². The Morgan fingerprint density at radius 3 is 2.61 bits per heavy atom. The van der Waals surface area contributed by atoms with E-state index in [1.807, 2.05) is 18.2 Å². The first-order chi connectivity index (χ1) is 11.1. The van der Waals surface area contributed by atoms with Gasteiger partial charge >= 0.3 is 0 Å². The molecule has 0 saturated carbocycles. The Balaban J connectivity index is 1.74. The summed E-state index contributed by atoms with van der Waals surface area (Å²) in [5, 5.41) is 15.6. The van der Waals surface area contributed by atoms with Gasteiger partial charge in [-0.2, -0.15) is 0 Å². The molecule has 0 spiro atoms. The number of nitrogens with one attached hydrogen (secondary N) is 2. The van der Waals surface area contributed by atoms with Gasteiger partial charge in [0.05, 0.1) is 25.6 Å². The number of rotatable bonds is 8. The van der Waals surface area contributed by atoms with Crippen LogP contribution < -0.4 is 20.6 Å². The molecule has 126 valence electrons. The van der Waals surface area contributed by atoms with Gasteiger partial charge in [0, 0.05) is 5.69 Å². The fraction of sp³-hybridized carbons (Fsp3) is 0.500. The smallest absolute Gasteiger partial charge is 0.230 e. The van der Waals surface area contributed by atoms with E-state index < -0.39 is 12.0 Å². The third-order valence-corrected chi connectivity index (χ3v) is 3.91. The number of quaternary nitrogens is 2. The lowest BCUT2D eigenvalue weighted by molar-refractivity contribution is -0.920. The second-order valence-corrected chi connectivity index (χ2v) is 5.68. The Bertz CT molecular complexity index is 503. The highest BCUT2D eigenvalue weighted by Gasteiger charge is 2.20. The molecule has 1 aliphatic heterocycles. The minimum absolute atomic E-state index is 0.102. The van der Waals surface area contributed by atoms with E-state index >= 15 is 0 Å². The van der Waals surface area contributed by atoms with Crippen molar-refractivity contribution in [2.75, 3.05) is 44.7 Å². The molecule has 0 aliphatic carbocycles. The van der Waals surface area contributed by atoms with Crippen LogP contribution in [0.3, 0.4) is 0 Å². The molecule has 4 N–H and O–H groups in total. The third-order valence-electron chi connectivity index (χ3n) is 3.91. The lowest BCUT2D eigenvalue weighted by Crippen LogP contribution is -3.17. The average Bonchev–Trinajstić information content (AvgIpc) is 2.55. The SMILES string of the molecule is O=C(C[C@H]([NH2+]CC[NH+]1CCOCC1)C(=O)[O-])Nc1ccccc1. The summed E-state index contributed by atoms with van der Waals surface area (Å²) < 4.78 is 5.29. The molecule has 23 heavy (non-hydrogen) atoms. The Kier molecular flexibility index (Phi) is 6.99. The highest BCUT2D eigenvalue weighted by Crippen LogP contribution is 2.05. The van der Waals surface area contributed by atoms with Crippen LogP contribution in [0.1, 0.15) is 6.42 Å². The molecule has 7 heteroatoms. The molecule has 1 aromatic rings. The molecule has 0 bridgehead atoms. The van der Waals surface area contributed by atoms with Crippen LogP contribution in [0.2, 0.25) is 0 Å². The molecule has 1 saturated heterocycles. The van der Waals surface area contributed by atoms with Crippen molar-refractivity contribution in [1.82, 2.24) is 0 Å². The van der Waals surface area contributed by atoms with Crippen LogP contribution in [-0.4, -0.2) is 57.3 Å². The molecule has 0 radical (unpaired) electrons. The van der Waals surface area contributed by atoms with E-state index in [1.165, 1.54) is 4.90 Å². The summed E-state index contributed by atoms with van der Waals surface area (Å²) in [4.78, 5) is 24.6. The highest BCUT2D eigenvalue weighted by atomic mass is 16.5. The predicted molar refractivity (Wildman–Crippen MR) is 81.7 cm³/mol. The summed E-state index contributed by atoms with van der Waals surface area (Å²) in [6, 6.07) is 8.13. The van der Waals surface area contributed by atoms with Gasteiger partial charge in [-0.15, -0.1) is 0 Å². The molecule has 1 aliphatic rings. The number of carboxylic acid groups (broad SMARTS) is 1. The van der Waals surface area contributed by atoms with Crippen LogP contribution in [0.15, 0.2) is 30.3 Å². The van der Waals surface area contributed by atoms with Crippen molar-refractivity contribution < 1.29 is 29.6 Å². The summed E-state index contributed by atoms with van der Waals surface area (Å²) in [5.74, 6) is -1.52. The van der Waals surface area contributed by atoms with Gasteiger partial charge in [0.25, 0.3) is 0 Å². The minimum atomic E-state index is -1.20. The van der Waals surface area contributed by atoms with E-state index in [2.05, 4.69) is 5.32 Å². The number of nitrogens with two attached hydrogens (primary N) is 1. The van der Waals surface area contributed by atoms with E-state index in [0.717, 1.165) is 32.8 Å². The van der Waals surface area contributed by atoms with E-state index in [9.17, 15) is 14.7 Å². The molecule has 1 heterocycles. The van der Waals surface area contributed by atoms with Crippen LogP contribution in [0.4, 0.5) is 5.69 Å². The van der Waals surface area contributed by atoms with E-state index in [0.29, 0.717) is 12.2 Å². The number of morpholine rings is 1. The first-order valence-corrected chi connectivity index (χ1v) is 7.95. The molecule has 1 aromatic carbocycles. The van der Waals surface area contributed by atoms with Crippen molar-refractivity contribution in [2.45, 2.75) is 12.5 Å². The maximum absolute atomic E-state index is 11.9. The Labute approximate surface area is 135 Å². The first-order valence-electron chi connectivity index (χ1n) is 7.95. The zero-order valence-electron chi connectivity index (χ0n) is 13.1. The molecule has 7 nitrogen and oxygen atoms in total. The normalized spacial score (nSPS) is 16.7. The summed E-state index contributed by atoms with van der Waals surface area (Å²) in [6.45, 7) is 4.88. The van der Waals surface area contributed by atoms with Crippen LogP contribution in [0.25, 0.3) is 0 Å². The number of carbonyl (C=O) groups is 2. The second-order valence-electron chi connectivity index (χ2n) is 5.68. The molecule has 0 aromatic heterocycles. The summed E-state index contributed by atoms with van der Waals surface area (Å²) in [5.41, 5.74) is 0.660. The van der Waals surface area contributed by atoms with Gasteiger partial charge in [0.2, 0.25) is 5.91 Å². The number of amides is 1. The van der Waals surface area contributed by atoms with Crippen molar-refractivity contribution in [2.24, 2.45) is 0 Å². The predicted octanol–water partition coefficient (Wildman–Crippen LogP) is -3.39. The van der Waals surface area contributed by atoms with E-state index in [4.69, 9.17) is 4.74 Å². The van der Waals surface area contributed by atoms with Crippen molar-refractivity contribution in [3.8, 4) is 0 Å². The average molecular weight is 322 g/mol. The van der Waals surface area contributed by atoms with Gasteiger partial charge in [-0.05, 0) is 12.1 Å². The van der Waals surface area contributed by atoms with Crippen LogP contribution in [0, 0.1) is 0 Å². The summed E-state index contributed by atoms with van der Waals surface area (Å²) >= 11 is 0. The fourth-order valence-corrected chi connectivity index (χ4v) is 2.59. The Morgan fingerprint density at radius 1 is 1.26 bits per heavy atom. The maximum atomic E-state index is 11.9. The number of benzene rings is 1. The summed E-state index contributed by atoms with van der Waals surface area (Å²) in [7, 11) is 0. The van der Waals surface area contributed by atoms with Crippen molar-refractivity contribution >= 4 is 17.6 Å². The molecule has 1 atom stereocenters.